The number of anilines is 2. The first-order valence-corrected chi connectivity index (χ1v) is 14.1. The van der Waals surface area contributed by atoms with E-state index in [-0.39, 0.29) is 25.2 Å². The Balaban J connectivity index is 0.00000205. The minimum absolute atomic E-state index is 0.0609. The van der Waals surface area contributed by atoms with Crippen molar-refractivity contribution < 1.29 is 33.3 Å². The van der Waals surface area contributed by atoms with E-state index in [4.69, 9.17) is 41.0 Å². The monoisotopic (exact) mass is 586 g/mol. The summed E-state index contributed by atoms with van der Waals surface area (Å²) in [6.45, 7) is 3.10. The highest BCUT2D eigenvalue weighted by Crippen LogP contribution is 2.53. The number of aromatic nitrogens is 4. The highest BCUT2D eigenvalue weighted by atomic mass is 35.5. The molecule has 214 valence electrons. The first kappa shape index (κ1) is 30.7. The van der Waals surface area contributed by atoms with Gasteiger partial charge in [-0.1, -0.05) is 23.3 Å². The molecule has 39 heavy (non-hydrogen) atoms. The summed E-state index contributed by atoms with van der Waals surface area (Å²) in [5.41, 5.74) is 6.84. The van der Waals surface area contributed by atoms with Crippen molar-refractivity contribution in [3.05, 3.63) is 36.7 Å². The molecule has 1 aromatic carbocycles. The first-order valence-electron chi connectivity index (χ1n) is 12.0. The molecule has 0 bridgehead atoms. The molecule has 2 aromatic heterocycles. The molecule has 0 radical (unpaired) electrons. The molecular weight excluding hydrogens is 553 g/mol. The fourth-order valence-corrected chi connectivity index (χ4v) is 5.42. The Kier molecular flexibility index (Phi) is 11.0. The van der Waals surface area contributed by atoms with Crippen LogP contribution in [0.4, 0.5) is 11.8 Å². The number of para-hydroxylation sites is 1. The molecule has 1 saturated heterocycles. The van der Waals surface area contributed by atoms with Gasteiger partial charge in [0, 0.05) is 14.2 Å². The van der Waals surface area contributed by atoms with Crippen molar-refractivity contribution in [2.24, 2.45) is 0 Å². The van der Waals surface area contributed by atoms with E-state index in [1.165, 1.54) is 0 Å². The molecule has 16 heteroatoms. The number of imidazole rings is 1. The lowest BCUT2D eigenvalue weighted by molar-refractivity contribution is -0.146. The van der Waals surface area contributed by atoms with Gasteiger partial charge in [0.1, 0.15) is 13.2 Å². The van der Waals surface area contributed by atoms with E-state index < -0.39 is 31.8 Å². The minimum atomic E-state index is -3.74. The number of carbonyl (C=O) groups is 1. The second-order valence-corrected chi connectivity index (χ2v) is 10.9. The van der Waals surface area contributed by atoms with Crippen LogP contribution in [-0.2, 0) is 18.8 Å². The lowest BCUT2D eigenvalue weighted by atomic mass is 10.2. The van der Waals surface area contributed by atoms with Gasteiger partial charge in [-0.2, -0.15) is 19.4 Å². The average Bonchev–Trinajstić information content (AvgIpc) is 3.50. The van der Waals surface area contributed by atoms with Gasteiger partial charge in [-0.25, -0.2) is 4.98 Å². The Bertz CT molecular complexity index is 1220. The topological polar surface area (TPSA) is 188 Å². The Morgan fingerprint density at radius 3 is 2.69 bits per heavy atom. The van der Waals surface area contributed by atoms with Crippen LogP contribution < -0.4 is 20.7 Å². The molecular formula is C23H34ClN7O7P+. The van der Waals surface area contributed by atoms with Crippen LogP contribution in [0.1, 0.15) is 26.5 Å². The van der Waals surface area contributed by atoms with Crippen LogP contribution in [0.2, 0.25) is 0 Å². The summed E-state index contributed by atoms with van der Waals surface area (Å²) in [6.07, 6.45) is 0.557. The minimum Gasteiger partial charge on any atom is -0.462 e. The molecule has 0 aliphatic carbocycles. The first-order chi connectivity index (χ1) is 18.7. The summed E-state index contributed by atoms with van der Waals surface area (Å²) in [6, 6.07) is 8.64. The van der Waals surface area contributed by atoms with Crippen molar-refractivity contribution in [2.45, 2.75) is 44.1 Å². The van der Waals surface area contributed by atoms with Gasteiger partial charge >= 0.3 is 14.1 Å². The summed E-state index contributed by atoms with van der Waals surface area (Å²) in [5.74, 6) is 0.379. The lowest BCUT2D eigenvalue weighted by Crippen LogP contribution is -2.31. The van der Waals surface area contributed by atoms with E-state index in [1.54, 1.807) is 56.1 Å². The van der Waals surface area contributed by atoms with Gasteiger partial charge in [0.05, 0.1) is 23.9 Å². The number of nitrogens with two attached hydrogens (primary N) is 1. The number of nitrogens with zero attached hydrogens (tertiary/aromatic N) is 4. The van der Waals surface area contributed by atoms with Gasteiger partial charge < -0.3 is 25.6 Å². The number of alkyl halides is 1. The van der Waals surface area contributed by atoms with Gasteiger partial charge in [0.2, 0.25) is 5.95 Å². The smallest absolute Gasteiger partial charge is 0.462 e. The molecule has 6 N–H and O–H groups in total. The van der Waals surface area contributed by atoms with Crippen LogP contribution >= 0.6 is 19.7 Å². The summed E-state index contributed by atoms with van der Waals surface area (Å²) < 4.78 is 24.5. The van der Waals surface area contributed by atoms with Gasteiger partial charge in [0.15, 0.2) is 29.0 Å². The maximum atomic E-state index is 12.0. The third-order valence-electron chi connectivity index (χ3n) is 5.28. The van der Waals surface area contributed by atoms with Crippen molar-refractivity contribution in [3.8, 4) is 5.75 Å². The second-order valence-electron chi connectivity index (χ2n) is 8.50. The zero-order valence-electron chi connectivity index (χ0n) is 22.0. The third kappa shape index (κ3) is 8.08. The van der Waals surface area contributed by atoms with E-state index in [0.29, 0.717) is 29.2 Å². The second kappa shape index (κ2) is 14.0. The Morgan fingerprint density at radius 1 is 1.31 bits per heavy atom. The van der Waals surface area contributed by atoms with E-state index >= 15 is 0 Å². The molecule has 4 atom stereocenters. The number of nitrogens with one attached hydrogen (secondary N) is 2. The molecule has 3 heterocycles. The average molecular weight is 587 g/mol. The molecule has 4 unspecified atom stereocenters. The molecule has 1 fully saturated rings. The van der Waals surface area contributed by atoms with Crippen LogP contribution in [0, 0.1) is 0 Å². The molecule has 1 aliphatic heterocycles. The van der Waals surface area contributed by atoms with Crippen LogP contribution in [-0.4, -0.2) is 80.4 Å². The van der Waals surface area contributed by atoms with Crippen molar-refractivity contribution >= 4 is 48.6 Å². The standard InChI is InChI=1S/C22H30ClN7O6P.CH4O/c1-13(2)34-17(31)10-27-37(32,36-14-7-5-4-6-8-14)33-11-15-9-16(23)21(35-15)30-12-26-18-19(25-3)28-22(24)29-20(18)30;1-2/h4-8,12-13,15-16,21,27,32H,9-11H2,1-3H3,(H3,24,25,28,29);2H,1H3/q+1;. The number of hydrogen-bond acceptors (Lipinski definition) is 13. The summed E-state index contributed by atoms with van der Waals surface area (Å²) >= 11 is 6.63. The van der Waals surface area contributed by atoms with Crippen LogP contribution in [0.5, 0.6) is 5.75 Å². The van der Waals surface area contributed by atoms with Crippen LogP contribution in [0.15, 0.2) is 36.7 Å². The predicted octanol–water partition coefficient (Wildman–Crippen LogP) is 2.26. The van der Waals surface area contributed by atoms with Gasteiger partial charge in [-0.15, -0.1) is 11.6 Å². The number of benzene rings is 1. The fraction of sp³-hybridized carbons (Fsp3) is 0.478. The summed E-state index contributed by atoms with van der Waals surface area (Å²) in [7, 11) is -1.02. The van der Waals surface area contributed by atoms with E-state index in [0.717, 1.165) is 7.11 Å². The Labute approximate surface area is 231 Å². The largest absolute Gasteiger partial charge is 0.544 e. The number of carbonyl (C=O) groups excluding carboxylic acids is 1. The van der Waals surface area contributed by atoms with Gasteiger partial charge in [0.25, 0.3) is 0 Å². The summed E-state index contributed by atoms with van der Waals surface area (Å²) in [4.78, 5) is 36.0. The third-order valence-corrected chi connectivity index (χ3v) is 7.19. The molecule has 1 aliphatic rings. The number of aliphatic hydroxyl groups is 1. The van der Waals surface area contributed by atoms with Crippen molar-refractivity contribution in [3.63, 3.8) is 0 Å². The summed E-state index contributed by atoms with van der Waals surface area (Å²) in [5, 5.41) is 12.2. The SMILES string of the molecule is CNc1nc(N)nc2c1ncn2C1OC(CO[P+](O)(NCC(=O)OC(C)C)Oc2ccccc2)CC1Cl.CO. The normalized spacial score (nSPS) is 20.3. The number of hydrogen-bond donors (Lipinski definition) is 5. The van der Waals surface area contributed by atoms with Crippen molar-refractivity contribution in [2.75, 3.05) is 38.4 Å². The maximum absolute atomic E-state index is 12.0. The van der Waals surface area contributed by atoms with Crippen LogP contribution in [0.25, 0.3) is 11.2 Å². The van der Waals surface area contributed by atoms with Gasteiger partial charge in [-0.05, 0) is 32.4 Å². The molecule has 3 aromatic rings. The van der Waals surface area contributed by atoms with Crippen molar-refractivity contribution in [1.29, 1.82) is 0 Å². The quantitative estimate of drug-likeness (QED) is 0.125. The molecule has 0 spiro atoms. The van der Waals surface area contributed by atoms with Crippen molar-refractivity contribution in [1.82, 2.24) is 24.6 Å². The maximum Gasteiger partial charge on any atom is 0.544 e. The Hall–Kier alpha value is -2.84. The molecule has 0 saturated carbocycles. The van der Waals surface area contributed by atoms with Crippen LogP contribution in [0.3, 0.4) is 0 Å². The lowest BCUT2D eigenvalue weighted by Gasteiger charge is -2.20. The molecule has 0 amide bonds. The highest BCUT2D eigenvalue weighted by Gasteiger charge is 2.47. The number of aliphatic hydroxyl groups excluding tert-OH is 1. The van der Waals surface area contributed by atoms with E-state index in [1.807, 2.05) is 6.07 Å². The zero-order valence-corrected chi connectivity index (χ0v) is 23.7. The molecule has 14 nitrogen and oxygen atoms in total. The Morgan fingerprint density at radius 2 is 2.03 bits per heavy atom. The number of rotatable bonds is 11. The number of halogens is 1. The van der Waals surface area contributed by atoms with Gasteiger partial charge in [-0.3, -0.25) is 13.9 Å². The zero-order chi connectivity index (χ0) is 28.6. The fourth-order valence-electron chi connectivity index (χ4n) is 3.73. The molecule has 4 rings (SSSR count). The number of esters is 1. The van der Waals surface area contributed by atoms with E-state index in [2.05, 4.69) is 25.4 Å². The number of ether oxygens (including phenoxy) is 2. The number of nitrogen functional groups attached to an aromatic ring is 1. The highest BCUT2D eigenvalue weighted by molar-refractivity contribution is 7.58. The predicted molar refractivity (Wildman–Crippen MR) is 147 cm³/mol. The number of fused-ring (bicyclic) bond motifs is 1. The van der Waals surface area contributed by atoms with E-state index in [9.17, 15) is 9.69 Å².